The highest BCUT2D eigenvalue weighted by Crippen LogP contribution is 2.26. The van der Waals surface area contributed by atoms with E-state index < -0.39 is 18.2 Å². The van der Waals surface area contributed by atoms with Crippen LogP contribution in [0.1, 0.15) is 41.9 Å². The summed E-state index contributed by atoms with van der Waals surface area (Å²) in [6.45, 7) is 2.17. The number of ketones is 1. The lowest BCUT2D eigenvalue weighted by Gasteiger charge is -2.20. The summed E-state index contributed by atoms with van der Waals surface area (Å²) in [5.41, 5.74) is 1.83. The van der Waals surface area contributed by atoms with Gasteiger partial charge in [0.05, 0.1) is 24.9 Å². The van der Waals surface area contributed by atoms with Crippen molar-refractivity contribution < 1.29 is 23.9 Å². The molecule has 38 heavy (non-hydrogen) atoms. The van der Waals surface area contributed by atoms with Crippen molar-refractivity contribution in [2.24, 2.45) is 0 Å². The summed E-state index contributed by atoms with van der Waals surface area (Å²) in [4.78, 5) is 39.5. The number of aromatic nitrogens is 3. The molecule has 0 saturated heterocycles. The Morgan fingerprint density at radius 1 is 1.05 bits per heavy atom. The SMILES string of the molecule is CCCCOC(=O)NC(C(=O)Nc1ccc(OC)cc1C(=O)c1ccc(Cl)cc1)n1nnc2ccccc21. The first-order valence-electron chi connectivity index (χ1n) is 11.9. The maximum absolute atomic E-state index is 13.6. The second kappa shape index (κ2) is 12.2. The monoisotopic (exact) mass is 535 g/mol. The molecule has 0 aliphatic carbocycles. The number of anilines is 1. The molecule has 0 spiro atoms. The van der Waals surface area contributed by atoms with Gasteiger partial charge in [-0.05, 0) is 61.0 Å². The Morgan fingerprint density at radius 3 is 2.55 bits per heavy atom. The topological polar surface area (TPSA) is 124 Å². The number of halogens is 1. The molecule has 2 N–H and O–H groups in total. The van der Waals surface area contributed by atoms with Gasteiger partial charge in [0, 0.05) is 16.1 Å². The molecule has 3 aromatic carbocycles. The summed E-state index contributed by atoms with van der Waals surface area (Å²) >= 11 is 5.97. The fraction of sp³-hybridized carbons (Fsp3) is 0.222. The summed E-state index contributed by atoms with van der Waals surface area (Å²) in [6, 6.07) is 18.1. The van der Waals surface area contributed by atoms with Crippen LogP contribution in [-0.4, -0.2) is 46.5 Å². The highest BCUT2D eigenvalue weighted by atomic mass is 35.5. The molecular weight excluding hydrogens is 510 g/mol. The summed E-state index contributed by atoms with van der Waals surface area (Å²) in [7, 11) is 1.48. The van der Waals surface area contributed by atoms with Crippen molar-refractivity contribution in [1.82, 2.24) is 20.3 Å². The van der Waals surface area contributed by atoms with Gasteiger partial charge < -0.3 is 14.8 Å². The molecule has 10 nitrogen and oxygen atoms in total. The van der Waals surface area contributed by atoms with Crippen LogP contribution in [0.2, 0.25) is 5.02 Å². The lowest BCUT2D eigenvalue weighted by Crippen LogP contribution is -2.41. The number of alkyl carbamates (subject to hydrolysis) is 1. The molecule has 0 saturated carbocycles. The van der Waals surface area contributed by atoms with Crippen molar-refractivity contribution in [2.45, 2.75) is 25.9 Å². The van der Waals surface area contributed by atoms with Crippen LogP contribution in [0.5, 0.6) is 5.75 Å². The van der Waals surface area contributed by atoms with Gasteiger partial charge in [-0.15, -0.1) is 5.10 Å². The third kappa shape index (κ3) is 6.09. The smallest absolute Gasteiger partial charge is 0.409 e. The molecule has 11 heteroatoms. The zero-order valence-corrected chi connectivity index (χ0v) is 21.6. The molecule has 0 radical (unpaired) electrons. The highest BCUT2D eigenvalue weighted by molar-refractivity contribution is 6.30. The van der Waals surface area contributed by atoms with Crippen LogP contribution in [-0.2, 0) is 9.53 Å². The number of ether oxygens (including phenoxy) is 2. The van der Waals surface area contributed by atoms with Crippen molar-refractivity contribution >= 4 is 46.1 Å². The molecule has 0 bridgehead atoms. The first-order valence-corrected chi connectivity index (χ1v) is 12.3. The zero-order chi connectivity index (χ0) is 27.1. The number of nitrogens with zero attached hydrogens (tertiary/aromatic N) is 3. The molecular formula is C27H26ClN5O5. The minimum Gasteiger partial charge on any atom is -0.497 e. The average molecular weight is 536 g/mol. The van der Waals surface area contributed by atoms with Crippen molar-refractivity contribution in [1.29, 1.82) is 0 Å². The molecule has 0 aliphatic heterocycles. The van der Waals surface area contributed by atoms with E-state index in [4.69, 9.17) is 21.1 Å². The molecule has 0 fully saturated rings. The van der Waals surface area contributed by atoms with E-state index in [1.54, 1.807) is 60.7 Å². The van der Waals surface area contributed by atoms with E-state index in [2.05, 4.69) is 20.9 Å². The van der Waals surface area contributed by atoms with E-state index in [9.17, 15) is 14.4 Å². The van der Waals surface area contributed by atoms with E-state index >= 15 is 0 Å². The average Bonchev–Trinajstić information content (AvgIpc) is 3.36. The largest absolute Gasteiger partial charge is 0.497 e. The van der Waals surface area contributed by atoms with E-state index in [1.165, 1.54) is 17.9 Å². The lowest BCUT2D eigenvalue weighted by atomic mass is 10.0. The Morgan fingerprint density at radius 2 is 1.82 bits per heavy atom. The van der Waals surface area contributed by atoms with Crippen molar-refractivity contribution in [3.8, 4) is 5.75 Å². The Kier molecular flexibility index (Phi) is 8.55. The molecule has 4 rings (SSSR count). The molecule has 0 aliphatic rings. The van der Waals surface area contributed by atoms with Crippen LogP contribution in [0.4, 0.5) is 10.5 Å². The Labute approximate surface area is 223 Å². The number of carbonyl (C=O) groups excluding carboxylic acids is 3. The summed E-state index contributed by atoms with van der Waals surface area (Å²) in [6.07, 6.45) is -0.590. The number of benzene rings is 3. The second-order valence-corrected chi connectivity index (χ2v) is 8.73. The quantitative estimate of drug-likeness (QED) is 0.216. The molecule has 1 aromatic heterocycles. The maximum atomic E-state index is 13.6. The van der Waals surface area contributed by atoms with Gasteiger partial charge in [0.15, 0.2) is 5.78 Å². The van der Waals surface area contributed by atoms with Crippen LogP contribution in [0.25, 0.3) is 11.0 Å². The van der Waals surface area contributed by atoms with Gasteiger partial charge in [-0.2, -0.15) is 0 Å². The standard InChI is InChI=1S/C27H26ClN5O5/c1-3-4-15-38-27(36)30-25(33-23-8-6-5-7-22(23)31-32-33)26(35)29-21-14-13-19(37-2)16-20(21)24(34)17-9-11-18(28)12-10-17/h5-14,16,25H,3-4,15H2,1-2H3,(H,29,35)(H,30,36). The summed E-state index contributed by atoms with van der Waals surface area (Å²) in [5.74, 6) is -0.592. The van der Waals surface area contributed by atoms with Crippen LogP contribution in [0.15, 0.2) is 66.7 Å². The van der Waals surface area contributed by atoms with Crippen LogP contribution >= 0.6 is 11.6 Å². The third-order valence-electron chi connectivity index (χ3n) is 5.69. The van der Waals surface area contributed by atoms with E-state index in [0.29, 0.717) is 33.8 Å². The Hall–Kier alpha value is -4.44. The van der Waals surface area contributed by atoms with E-state index in [1.807, 2.05) is 6.92 Å². The fourth-order valence-corrected chi connectivity index (χ4v) is 3.81. The van der Waals surface area contributed by atoms with Gasteiger partial charge in [0.1, 0.15) is 11.3 Å². The number of unbranched alkanes of at least 4 members (excludes halogenated alkanes) is 1. The van der Waals surface area contributed by atoms with Gasteiger partial charge >= 0.3 is 6.09 Å². The third-order valence-corrected chi connectivity index (χ3v) is 5.94. The van der Waals surface area contributed by atoms with E-state index in [0.717, 1.165) is 6.42 Å². The number of nitrogens with one attached hydrogen (secondary N) is 2. The molecule has 4 aromatic rings. The number of methoxy groups -OCH3 is 1. The number of hydrogen-bond acceptors (Lipinski definition) is 7. The highest BCUT2D eigenvalue weighted by Gasteiger charge is 2.28. The molecule has 2 amide bonds. The second-order valence-electron chi connectivity index (χ2n) is 8.30. The lowest BCUT2D eigenvalue weighted by molar-refractivity contribution is -0.120. The number of amides is 2. The minimum absolute atomic E-state index is 0.188. The number of carbonyl (C=O) groups is 3. The predicted molar refractivity (Wildman–Crippen MR) is 142 cm³/mol. The molecule has 1 atom stereocenters. The Bertz CT molecular complexity index is 1450. The van der Waals surface area contributed by atoms with Gasteiger partial charge in [-0.1, -0.05) is 42.3 Å². The zero-order valence-electron chi connectivity index (χ0n) is 20.8. The van der Waals surface area contributed by atoms with Gasteiger partial charge in [-0.25, -0.2) is 9.48 Å². The number of para-hydroxylation sites is 1. The molecule has 1 unspecified atom stereocenters. The number of rotatable bonds is 10. The normalized spacial score (nSPS) is 11.6. The summed E-state index contributed by atoms with van der Waals surface area (Å²) < 4.78 is 11.8. The first-order chi connectivity index (χ1) is 18.4. The van der Waals surface area contributed by atoms with Crippen molar-refractivity contribution in [2.75, 3.05) is 19.0 Å². The van der Waals surface area contributed by atoms with Crippen LogP contribution in [0, 0.1) is 0 Å². The summed E-state index contributed by atoms with van der Waals surface area (Å²) in [5, 5.41) is 14.0. The van der Waals surface area contributed by atoms with Gasteiger partial charge in [0.2, 0.25) is 6.17 Å². The molecule has 1 heterocycles. The minimum atomic E-state index is -1.32. The van der Waals surface area contributed by atoms with Gasteiger partial charge in [-0.3, -0.25) is 14.9 Å². The Balaban J connectivity index is 1.67. The fourth-order valence-electron chi connectivity index (χ4n) is 3.68. The number of hydrogen-bond donors (Lipinski definition) is 2. The van der Waals surface area contributed by atoms with Gasteiger partial charge in [0.25, 0.3) is 5.91 Å². The van der Waals surface area contributed by atoms with Crippen molar-refractivity contribution in [3.05, 3.63) is 82.9 Å². The maximum Gasteiger partial charge on any atom is 0.409 e. The number of fused-ring (bicyclic) bond motifs is 1. The van der Waals surface area contributed by atoms with Crippen molar-refractivity contribution in [3.63, 3.8) is 0 Å². The molecule has 196 valence electrons. The van der Waals surface area contributed by atoms with E-state index in [-0.39, 0.29) is 23.6 Å². The predicted octanol–water partition coefficient (Wildman–Crippen LogP) is 4.99. The first kappa shape index (κ1) is 26.6. The van der Waals surface area contributed by atoms with Crippen LogP contribution < -0.4 is 15.4 Å². The van der Waals surface area contributed by atoms with Crippen LogP contribution in [0.3, 0.4) is 0 Å².